The largest absolute Gasteiger partial charge is 0.465 e. The molecule has 424 valence electrons. The summed E-state index contributed by atoms with van der Waals surface area (Å²) in [6.45, 7) is 4.68. The molecule has 0 radical (unpaired) electrons. The summed E-state index contributed by atoms with van der Waals surface area (Å²) < 4.78 is 205. The number of nitrogens with two attached hydrogens (primary N) is 1. The summed E-state index contributed by atoms with van der Waals surface area (Å²) in [5.41, 5.74) is -0.193. The van der Waals surface area contributed by atoms with Crippen molar-refractivity contribution < 1.29 is 79.9 Å². The number of benzene rings is 2. The summed E-state index contributed by atoms with van der Waals surface area (Å²) in [5.74, 6) is -9.08. The SMILES string of the molecule is CC(C)COC(=O)CC[C@H](N)C(=O)N(c1nn(CC(F)(F)F)c2c(-c3ccc(C#CC(C)(C)S(C)(=O)=O)nc3[C@H](Cc3cc(F)cc(F)c3)NC(=O)Cn3nc(C(F)(F)F)c4c3C(F)(F)[C@H](C)[C@@H]4C)ccc(Cl)c12)S(C)(=O)=O. The second-order valence-corrected chi connectivity index (χ2v) is 24.5. The lowest BCUT2D eigenvalue weighted by Crippen LogP contribution is -2.47. The number of sulfonamides is 1. The van der Waals surface area contributed by atoms with Crippen LogP contribution in [0.2, 0.25) is 5.02 Å². The van der Waals surface area contributed by atoms with Gasteiger partial charge in [0.25, 0.3) is 11.8 Å². The predicted molar refractivity (Wildman–Crippen MR) is 265 cm³/mol. The van der Waals surface area contributed by atoms with Crippen LogP contribution in [0.3, 0.4) is 0 Å². The molecule has 4 atom stereocenters. The van der Waals surface area contributed by atoms with Crippen molar-refractivity contribution >= 4 is 66.0 Å². The fraction of sp³-hybridized carbons (Fsp3) is 0.469. The fourth-order valence-electron chi connectivity index (χ4n) is 8.47. The zero-order valence-corrected chi connectivity index (χ0v) is 45.1. The van der Waals surface area contributed by atoms with Gasteiger partial charge in [0, 0.05) is 41.4 Å². The number of nitrogens with one attached hydrogen (secondary N) is 1. The number of hydrogen-bond acceptors (Lipinski definition) is 12. The Hall–Kier alpha value is -6.31. The van der Waals surface area contributed by atoms with Gasteiger partial charge in [-0.25, -0.2) is 30.6 Å². The van der Waals surface area contributed by atoms with Crippen LogP contribution in [0.4, 0.5) is 49.7 Å². The summed E-state index contributed by atoms with van der Waals surface area (Å²) in [5, 5.41) is 8.59. The molecule has 0 saturated carbocycles. The number of carbonyl (C=O) groups excluding carboxylic acids is 3. The van der Waals surface area contributed by atoms with Crippen LogP contribution >= 0.6 is 11.6 Å². The number of ether oxygens (including phenoxy) is 1. The molecule has 0 spiro atoms. The third kappa shape index (κ3) is 13.2. The average Bonchev–Trinajstić information content (AvgIpc) is 3.98. The molecule has 2 amide bonds. The van der Waals surface area contributed by atoms with E-state index in [-0.39, 0.29) is 43.0 Å². The molecule has 6 rings (SSSR count). The van der Waals surface area contributed by atoms with Crippen LogP contribution in [0.15, 0.2) is 42.5 Å². The Kier molecular flexibility index (Phi) is 17.2. The van der Waals surface area contributed by atoms with Crippen molar-refractivity contribution in [3.05, 3.63) is 93.0 Å². The number of rotatable bonds is 17. The van der Waals surface area contributed by atoms with Crippen LogP contribution in [0.5, 0.6) is 0 Å². The minimum absolute atomic E-state index is 0.00779. The summed E-state index contributed by atoms with van der Waals surface area (Å²) >= 11 is 6.68. The van der Waals surface area contributed by atoms with Crippen LogP contribution < -0.4 is 15.4 Å². The van der Waals surface area contributed by atoms with Gasteiger partial charge >= 0.3 is 18.3 Å². The van der Waals surface area contributed by atoms with Crippen molar-refractivity contribution in [2.24, 2.45) is 17.6 Å². The number of alkyl halides is 8. The fourth-order valence-corrected chi connectivity index (χ4v) is 9.85. The lowest BCUT2D eigenvalue weighted by Gasteiger charge is -2.24. The van der Waals surface area contributed by atoms with E-state index in [1.807, 2.05) is 0 Å². The average molecular weight is 1170 g/mol. The number of anilines is 1. The van der Waals surface area contributed by atoms with Gasteiger partial charge in [0.05, 0.1) is 46.6 Å². The molecule has 3 N–H and O–H groups in total. The summed E-state index contributed by atoms with van der Waals surface area (Å²) in [7, 11) is -8.86. The summed E-state index contributed by atoms with van der Waals surface area (Å²) in [4.78, 5) is 45.3. The first-order valence-corrected chi connectivity index (χ1v) is 27.6. The highest BCUT2D eigenvalue weighted by atomic mass is 35.5. The van der Waals surface area contributed by atoms with Gasteiger partial charge in [0.15, 0.2) is 21.3 Å². The van der Waals surface area contributed by atoms with Crippen molar-refractivity contribution in [3.63, 3.8) is 0 Å². The number of esters is 1. The Labute approximate surface area is 446 Å². The van der Waals surface area contributed by atoms with E-state index in [1.54, 1.807) is 13.8 Å². The number of nitrogens with zero attached hydrogens (tertiary/aromatic N) is 6. The van der Waals surface area contributed by atoms with Crippen molar-refractivity contribution in [1.82, 2.24) is 29.9 Å². The van der Waals surface area contributed by atoms with E-state index in [0.717, 1.165) is 56.5 Å². The Morgan fingerprint density at radius 1 is 0.936 bits per heavy atom. The zero-order chi connectivity index (χ0) is 58.6. The smallest absolute Gasteiger partial charge is 0.435 e. The minimum atomic E-state index is -5.28. The predicted octanol–water partition coefficient (Wildman–Crippen LogP) is 8.53. The molecule has 0 unspecified atom stereocenters. The zero-order valence-electron chi connectivity index (χ0n) is 42.7. The molecular formula is C49H51ClF10N8O8S2. The van der Waals surface area contributed by atoms with Gasteiger partial charge in [0.2, 0.25) is 15.9 Å². The van der Waals surface area contributed by atoms with Crippen LogP contribution in [-0.2, 0) is 70.6 Å². The Morgan fingerprint density at radius 2 is 1.55 bits per heavy atom. The number of aromatic nitrogens is 5. The third-order valence-corrected chi connectivity index (χ3v) is 16.0. The van der Waals surface area contributed by atoms with Gasteiger partial charge < -0.3 is 15.8 Å². The van der Waals surface area contributed by atoms with Crippen molar-refractivity contribution in [2.45, 2.75) is 115 Å². The molecule has 3 aromatic heterocycles. The van der Waals surface area contributed by atoms with Gasteiger partial charge in [0.1, 0.15) is 40.9 Å². The second-order valence-electron chi connectivity index (χ2n) is 19.7. The highest BCUT2D eigenvalue weighted by Crippen LogP contribution is 2.55. The van der Waals surface area contributed by atoms with Crippen molar-refractivity contribution in [3.8, 4) is 23.0 Å². The monoisotopic (exact) mass is 1170 g/mol. The Bertz CT molecular complexity index is 3460. The Morgan fingerprint density at radius 3 is 2.12 bits per heavy atom. The molecule has 0 aliphatic heterocycles. The van der Waals surface area contributed by atoms with Gasteiger partial charge in [-0.1, -0.05) is 51.3 Å². The Balaban J connectivity index is 1.63. The molecule has 0 bridgehead atoms. The molecule has 1 aliphatic carbocycles. The molecule has 0 saturated heterocycles. The van der Waals surface area contributed by atoms with Crippen molar-refractivity contribution in [2.75, 3.05) is 23.4 Å². The first-order valence-electron chi connectivity index (χ1n) is 23.5. The number of fused-ring (bicyclic) bond motifs is 2. The highest BCUT2D eigenvalue weighted by Gasteiger charge is 2.57. The number of halogens is 11. The molecule has 2 aromatic carbocycles. The number of pyridine rings is 1. The third-order valence-electron chi connectivity index (χ3n) is 12.7. The molecule has 29 heteroatoms. The maximum atomic E-state index is 15.8. The molecular weight excluding hydrogens is 1120 g/mol. The quantitative estimate of drug-likeness (QED) is 0.0509. The molecule has 5 aromatic rings. The van der Waals surface area contributed by atoms with E-state index in [2.05, 4.69) is 32.3 Å². The van der Waals surface area contributed by atoms with E-state index in [4.69, 9.17) is 22.1 Å². The molecule has 1 aliphatic rings. The van der Waals surface area contributed by atoms with E-state index < -0.39 is 179 Å². The first-order chi connectivity index (χ1) is 35.7. The highest BCUT2D eigenvalue weighted by molar-refractivity contribution is 7.93. The standard InChI is InChI=1S/C49H51ClF10N8O8S2/c1-24(2)22-76-37(70)14-13-34(61)45(71)68(78(8,74)75)44-39-33(50)12-11-32(41(39)67(65-44)23-47(53,54)55)31-10-9-30(15-16-46(5,6)77(7,72)73)62-40(31)35(19-27-17-28(51)20-29(52)18-27)63-36(69)21-66-43-38(42(64-66)49(58,59)60)25(3)26(4)48(43,56)57/h9-12,17-18,20,24-26,34-35H,13-14,19,21-23,61H2,1-8H3,(H,63,69)/t25-,26+,34-,35-/m0/s1. The number of carbonyl (C=O) groups is 3. The lowest BCUT2D eigenvalue weighted by molar-refractivity contribution is -0.145. The molecule has 78 heavy (non-hydrogen) atoms. The maximum Gasteiger partial charge on any atom is 0.435 e. The van der Waals surface area contributed by atoms with Gasteiger partial charge in [-0.15, -0.1) is 0 Å². The second kappa shape index (κ2) is 22.1. The molecule has 3 heterocycles. The van der Waals surface area contributed by atoms with Crippen LogP contribution in [0, 0.1) is 35.3 Å². The van der Waals surface area contributed by atoms with Crippen molar-refractivity contribution in [1.29, 1.82) is 0 Å². The van der Waals surface area contributed by atoms with Gasteiger partial charge in [-0.2, -0.15) is 49.6 Å². The van der Waals surface area contributed by atoms with E-state index in [0.29, 0.717) is 12.3 Å². The number of hydrogen-bond donors (Lipinski definition) is 2. The van der Waals surface area contributed by atoms with Crippen LogP contribution in [0.1, 0.15) is 100 Å². The lowest BCUT2D eigenvalue weighted by atomic mass is 9.93. The van der Waals surface area contributed by atoms with Crippen LogP contribution in [-0.4, -0.2) is 95.2 Å². The van der Waals surface area contributed by atoms with Crippen LogP contribution in [0.25, 0.3) is 22.0 Å². The summed E-state index contributed by atoms with van der Waals surface area (Å²) in [6, 6.07) is 2.77. The first kappa shape index (κ1) is 60.9. The minimum Gasteiger partial charge on any atom is -0.465 e. The maximum absolute atomic E-state index is 15.8. The van der Waals surface area contributed by atoms with Gasteiger partial charge in [-0.05, 0) is 80.3 Å². The normalized spacial score (nSPS) is 16.6. The van der Waals surface area contributed by atoms with E-state index >= 15 is 8.78 Å². The molecule has 0 fully saturated rings. The van der Waals surface area contributed by atoms with E-state index in [1.165, 1.54) is 13.8 Å². The summed E-state index contributed by atoms with van der Waals surface area (Å²) in [6.07, 6.45) is -10.9. The number of sulfone groups is 1. The van der Waals surface area contributed by atoms with E-state index in [9.17, 15) is 66.3 Å². The number of amides is 2. The van der Waals surface area contributed by atoms with Gasteiger partial charge in [-0.3, -0.25) is 23.7 Å². The topological polar surface area (TPSA) is 219 Å². The molecule has 16 nitrogen and oxygen atoms in total.